The van der Waals surface area contributed by atoms with E-state index in [-0.39, 0.29) is 19.0 Å². The summed E-state index contributed by atoms with van der Waals surface area (Å²) in [6.07, 6.45) is 3.69. The van der Waals surface area contributed by atoms with Gasteiger partial charge in [-0.2, -0.15) is 0 Å². The minimum absolute atomic E-state index is 0.232. The van der Waals surface area contributed by atoms with Gasteiger partial charge in [-0.3, -0.25) is 14.4 Å². The summed E-state index contributed by atoms with van der Waals surface area (Å²) in [4.78, 5) is 35.4. The van der Waals surface area contributed by atoms with E-state index in [1.54, 1.807) is 36.4 Å². The lowest BCUT2D eigenvalue weighted by molar-refractivity contribution is -0.117. The van der Waals surface area contributed by atoms with Crippen molar-refractivity contribution in [1.29, 1.82) is 0 Å². The van der Waals surface area contributed by atoms with Gasteiger partial charge in [0, 0.05) is 30.6 Å². The highest BCUT2D eigenvalue weighted by Gasteiger charge is 2.16. The minimum atomic E-state index is -0.621. The van der Waals surface area contributed by atoms with E-state index in [1.807, 2.05) is 29.1 Å². The van der Waals surface area contributed by atoms with Crippen LogP contribution in [-0.4, -0.2) is 35.9 Å². The summed E-state index contributed by atoms with van der Waals surface area (Å²) >= 11 is 6.38. The second-order valence-corrected chi connectivity index (χ2v) is 7.03. The summed E-state index contributed by atoms with van der Waals surface area (Å²) in [6, 6.07) is 13.6. The Labute approximate surface area is 183 Å². The van der Waals surface area contributed by atoms with Crippen LogP contribution in [0.5, 0.6) is 5.75 Å². The molecule has 3 rings (SSSR count). The van der Waals surface area contributed by atoms with Gasteiger partial charge < -0.3 is 25.7 Å². The summed E-state index contributed by atoms with van der Waals surface area (Å²) in [6.45, 7) is 0.00625. The Bertz CT molecular complexity index is 1100. The summed E-state index contributed by atoms with van der Waals surface area (Å²) in [5.41, 5.74) is 7.19. The zero-order valence-corrected chi connectivity index (χ0v) is 17.5. The number of methoxy groups -OCH3 is 1. The first-order valence-electron chi connectivity index (χ1n) is 9.33. The van der Waals surface area contributed by atoms with Crippen LogP contribution in [0, 0.1) is 0 Å². The van der Waals surface area contributed by atoms with Crippen LogP contribution >= 0.6 is 11.6 Å². The Morgan fingerprint density at radius 3 is 2.32 bits per heavy atom. The second-order valence-electron chi connectivity index (χ2n) is 6.62. The third-order valence-electron chi connectivity index (χ3n) is 4.49. The Morgan fingerprint density at radius 1 is 1.03 bits per heavy atom. The van der Waals surface area contributed by atoms with Gasteiger partial charge in [0.2, 0.25) is 5.91 Å². The molecule has 31 heavy (non-hydrogen) atoms. The van der Waals surface area contributed by atoms with Gasteiger partial charge in [0.15, 0.2) is 0 Å². The fraction of sp³-hybridized carbons (Fsp3) is 0.136. The molecular formula is C22H21ClN4O4. The van der Waals surface area contributed by atoms with Gasteiger partial charge in [0.25, 0.3) is 11.8 Å². The van der Waals surface area contributed by atoms with E-state index in [9.17, 15) is 14.4 Å². The van der Waals surface area contributed by atoms with E-state index in [4.69, 9.17) is 22.1 Å². The van der Waals surface area contributed by atoms with Crippen molar-refractivity contribution in [2.24, 2.45) is 5.73 Å². The quantitative estimate of drug-likeness (QED) is 0.498. The normalized spacial score (nSPS) is 10.4. The number of nitrogens with zero attached hydrogens (tertiary/aromatic N) is 1. The number of primary amides is 1. The maximum absolute atomic E-state index is 12.7. The molecule has 4 N–H and O–H groups in total. The number of ether oxygens (including phenoxy) is 1. The molecule has 1 aromatic heterocycles. The highest BCUT2D eigenvalue weighted by atomic mass is 35.5. The molecule has 0 radical (unpaired) electrons. The van der Waals surface area contributed by atoms with Crippen LogP contribution in [0.4, 0.5) is 0 Å². The second kappa shape index (κ2) is 9.82. The average molecular weight is 441 g/mol. The van der Waals surface area contributed by atoms with Crippen molar-refractivity contribution in [2.45, 2.75) is 6.54 Å². The number of benzene rings is 2. The molecule has 9 heteroatoms. The fourth-order valence-electron chi connectivity index (χ4n) is 2.90. The summed E-state index contributed by atoms with van der Waals surface area (Å²) in [5, 5.41) is 5.64. The molecule has 3 amide bonds. The number of carbonyl (C=O) groups excluding carboxylic acids is 3. The van der Waals surface area contributed by atoms with Crippen molar-refractivity contribution in [3.05, 3.63) is 82.6 Å². The van der Waals surface area contributed by atoms with Crippen LogP contribution in [0.2, 0.25) is 5.02 Å². The first kappa shape index (κ1) is 21.9. The maximum atomic E-state index is 12.7. The molecule has 8 nitrogen and oxygen atoms in total. The van der Waals surface area contributed by atoms with Gasteiger partial charge >= 0.3 is 0 Å². The van der Waals surface area contributed by atoms with E-state index in [0.717, 1.165) is 5.56 Å². The topological polar surface area (TPSA) is 115 Å². The third-order valence-corrected chi connectivity index (χ3v) is 4.79. The Kier molecular flexibility index (Phi) is 6.94. The Hall–Kier alpha value is -3.78. The van der Waals surface area contributed by atoms with E-state index in [0.29, 0.717) is 27.6 Å². The SMILES string of the molecule is COc1cc(-n2cccc2)c(Cl)cc1C(=O)NCc1ccc(C(=O)NCC(N)=O)cc1. The number of amides is 3. The predicted octanol–water partition coefficient (Wildman–Crippen LogP) is 2.28. The zero-order valence-electron chi connectivity index (χ0n) is 16.7. The molecule has 0 aliphatic carbocycles. The van der Waals surface area contributed by atoms with Crippen molar-refractivity contribution < 1.29 is 19.1 Å². The minimum Gasteiger partial charge on any atom is -0.496 e. The van der Waals surface area contributed by atoms with E-state index in [2.05, 4.69) is 10.6 Å². The van der Waals surface area contributed by atoms with E-state index in [1.165, 1.54) is 7.11 Å². The zero-order chi connectivity index (χ0) is 22.4. The van der Waals surface area contributed by atoms with Crippen molar-refractivity contribution in [1.82, 2.24) is 15.2 Å². The lowest BCUT2D eigenvalue weighted by Crippen LogP contribution is -2.33. The Morgan fingerprint density at radius 2 is 1.71 bits per heavy atom. The van der Waals surface area contributed by atoms with Crippen molar-refractivity contribution in [2.75, 3.05) is 13.7 Å². The molecule has 0 bridgehead atoms. The van der Waals surface area contributed by atoms with Crippen LogP contribution in [-0.2, 0) is 11.3 Å². The van der Waals surface area contributed by atoms with Crippen LogP contribution in [0.15, 0.2) is 60.9 Å². The molecule has 0 atom stereocenters. The average Bonchev–Trinajstić information content (AvgIpc) is 3.30. The van der Waals surface area contributed by atoms with Gasteiger partial charge in [-0.25, -0.2) is 0 Å². The van der Waals surface area contributed by atoms with Crippen molar-refractivity contribution >= 4 is 29.3 Å². The van der Waals surface area contributed by atoms with Gasteiger partial charge in [-0.1, -0.05) is 23.7 Å². The van der Waals surface area contributed by atoms with Gasteiger partial charge in [-0.15, -0.1) is 0 Å². The van der Waals surface area contributed by atoms with Crippen molar-refractivity contribution in [3.63, 3.8) is 0 Å². The molecule has 0 aliphatic rings. The Balaban J connectivity index is 1.67. The highest BCUT2D eigenvalue weighted by molar-refractivity contribution is 6.33. The predicted molar refractivity (Wildman–Crippen MR) is 116 cm³/mol. The number of nitrogens with two attached hydrogens (primary N) is 1. The number of hydrogen-bond donors (Lipinski definition) is 3. The summed E-state index contributed by atoms with van der Waals surface area (Å²) < 4.78 is 7.21. The third kappa shape index (κ3) is 5.43. The maximum Gasteiger partial charge on any atom is 0.255 e. The number of nitrogens with one attached hydrogen (secondary N) is 2. The van der Waals surface area contributed by atoms with Crippen molar-refractivity contribution in [3.8, 4) is 11.4 Å². The fourth-order valence-corrected chi connectivity index (χ4v) is 3.16. The van der Waals surface area contributed by atoms with Crippen LogP contribution in [0.3, 0.4) is 0 Å². The van der Waals surface area contributed by atoms with Crippen LogP contribution in [0.25, 0.3) is 5.69 Å². The molecule has 3 aromatic rings. The molecular weight excluding hydrogens is 420 g/mol. The standard InChI is InChI=1S/C22H21ClN4O4/c1-31-19-11-18(27-8-2-3-9-27)17(23)10-16(19)22(30)25-12-14-4-6-15(7-5-14)21(29)26-13-20(24)28/h2-11H,12-13H2,1H3,(H2,24,28)(H,25,30)(H,26,29). The van der Waals surface area contributed by atoms with Gasteiger partial charge in [0.1, 0.15) is 5.75 Å². The molecule has 0 unspecified atom stereocenters. The lowest BCUT2D eigenvalue weighted by Gasteiger charge is -2.14. The first-order chi connectivity index (χ1) is 14.9. The first-order valence-corrected chi connectivity index (χ1v) is 9.71. The summed E-state index contributed by atoms with van der Waals surface area (Å²) in [7, 11) is 1.49. The smallest absolute Gasteiger partial charge is 0.255 e. The molecule has 2 aromatic carbocycles. The lowest BCUT2D eigenvalue weighted by atomic mass is 10.1. The molecule has 0 saturated heterocycles. The highest BCUT2D eigenvalue weighted by Crippen LogP contribution is 2.30. The molecule has 1 heterocycles. The molecule has 0 saturated carbocycles. The largest absolute Gasteiger partial charge is 0.496 e. The van der Waals surface area contributed by atoms with E-state index < -0.39 is 11.8 Å². The van der Waals surface area contributed by atoms with E-state index >= 15 is 0 Å². The number of aromatic nitrogens is 1. The molecule has 0 aliphatic heterocycles. The monoisotopic (exact) mass is 440 g/mol. The molecule has 160 valence electrons. The van der Waals surface area contributed by atoms with Crippen LogP contribution in [0.1, 0.15) is 26.3 Å². The van der Waals surface area contributed by atoms with Gasteiger partial charge in [0.05, 0.1) is 29.9 Å². The van der Waals surface area contributed by atoms with Gasteiger partial charge in [-0.05, 0) is 35.9 Å². The molecule has 0 fully saturated rings. The summed E-state index contributed by atoms with van der Waals surface area (Å²) in [5.74, 6) is -0.977. The number of halogens is 1. The molecule has 0 spiro atoms. The number of rotatable bonds is 8. The number of carbonyl (C=O) groups is 3. The van der Waals surface area contributed by atoms with Crippen LogP contribution < -0.4 is 21.1 Å². The number of hydrogen-bond acceptors (Lipinski definition) is 4.